The molecule has 5 nitrogen and oxygen atoms in total. The third kappa shape index (κ3) is 6.09. The summed E-state index contributed by atoms with van der Waals surface area (Å²) in [4.78, 5) is 8.71. The van der Waals surface area contributed by atoms with Crippen LogP contribution in [-0.2, 0) is 19.5 Å². The Balaban J connectivity index is 0.00000261. The average Bonchev–Trinajstić information content (AvgIpc) is 3.06. The van der Waals surface area contributed by atoms with Crippen LogP contribution in [-0.4, -0.2) is 15.5 Å². The summed E-state index contributed by atoms with van der Waals surface area (Å²) in [5, 5.41) is 3.14. The Morgan fingerprint density at radius 1 is 1.11 bits per heavy atom. The number of imidazole rings is 1. The van der Waals surface area contributed by atoms with Gasteiger partial charge in [0.2, 0.25) is 0 Å². The van der Waals surface area contributed by atoms with E-state index in [4.69, 9.17) is 5.73 Å². The maximum absolute atomic E-state index is 6.02. The highest BCUT2D eigenvalue weighted by molar-refractivity contribution is 14.0. The SMILES string of the molecule is CCc1ccc(NC(N)=NCc2cccc(Cn3ccnc3C)c2)cc1.I. The average molecular weight is 475 g/mol. The lowest BCUT2D eigenvalue weighted by molar-refractivity contribution is 0.760. The van der Waals surface area contributed by atoms with Gasteiger partial charge < -0.3 is 15.6 Å². The Hall–Kier alpha value is -2.35. The van der Waals surface area contributed by atoms with Gasteiger partial charge >= 0.3 is 0 Å². The summed E-state index contributed by atoms with van der Waals surface area (Å²) >= 11 is 0. The van der Waals surface area contributed by atoms with E-state index in [1.165, 1.54) is 11.1 Å². The lowest BCUT2D eigenvalue weighted by Gasteiger charge is -2.08. The third-order valence-corrected chi connectivity index (χ3v) is 4.33. The molecule has 3 rings (SSSR count). The predicted octanol–water partition coefficient (Wildman–Crippen LogP) is 4.35. The Morgan fingerprint density at radius 2 is 1.85 bits per heavy atom. The second-order valence-electron chi connectivity index (χ2n) is 6.30. The molecule has 6 heteroatoms. The molecule has 0 unspecified atom stereocenters. The largest absolute Gasteiger partial charge is 0.370 e. The molecule has 0 bridgehead atoms. The minimum Gasteiger partial charge on any atom is -0.370 e. The van der Waals surface area contributed by atoms with Crippen LogP contribution in [0.25, 0.3) is 0 Å². The Morgan fingerprint density at radius 3 is 2.52 bits per heavy atom. The van der Waals surface area contributed by atoms with Gasteiger partial charge in [-0.2, -0.15) is 0 Å². The van der Waals surface area contributed by atoms with E-state index in [0.717, 1.165) is 30.0 Å². The van der Waals surface area contributed by atoms with Crippen LogP contribution in [0.15, 0.2) is 65.9 Å². The Bertz CT molecular complexity index is 884. The molecule has 0 saturated heterocycles. The molecule has 3 N–H and O–H groups in total. The topological polar surface area (TPSA) is 68.2 Å². The number of hydrogen-bond donors (Lipinski definition) is 2. The number of guanidine groups is 1. The number of aromatic nitrogens is 2. The van der Waals surface area contributed by atoms with E-state index in [9.17, 15) is 0 Å². The van der Waals surface area contributed by atoms with Crippen molar-refractivity contribution in [2.75, 3.05) is 5.32 Å². The molecule has 142 valence electrons. The smallest absolute Gasteiger partial charge is 0.193 e. The first-order chi connectivity index (χ1) is 12.6. The van der Waals surface area contributed by atoms with Gasteiger partial charge in [0, 0.05) is 24.6 Å². The first kappa shape index (κ1) is 21.0. The number of aliphatic imine (C=N–C) groups is 1. The second-order valence-corrected chi connectivity index (χ2v) is 6.30. The van der Waals surface area contributed by atoms with Gasteiger partial charge in [-0.1, -0.05) is 43.3 Å². The Labute approximate surface area is 177 Å². The minimum absolute atomic E-state index is 0. The molecular formula is C21H26IN5. The molecule has 0 aliphatic rings. The zero-order valence-electron chi connectivity index (χ0n) is 15.7. The molecule has 1 heterocycles. The molecule has 0 aliphatic heterocycles. The fourth-order valence-electron chi connectivity index (χ4n) is 2.78. The van der Waals surface area contributed by atoms with E-state index in [1.54, 1.807) is 0 Å². The molecule has 0 fully saturated rings. The highest BCUT2D eigenvalue weighted by Crippen LogP contribution is 2.11. The number of anilines is 1. The van der Waals surface area contributed by atoms with Crippen LogP contribution in [0.5, 0.6) is 0 Å². The highest BCUT2D eigenvalue weighted by atomic mass is 127. The van der Waals surface area contributed by atoms with E-state index in [-0.39, 0.29) is 24.0 Å². The van der Waals surface area contributed by atoms with Gasteiger partial charge in [-0.25, -0.2) is 9.98 Å². The van der Waals surface area contributed by atoms with Crippen LogP contribution in [0.3, 0.4) is 0 Å². The first-order valence-electron chi connectivity index (χ1n) is 8.85. The molecule has 0 radical (unpaired) electrons. The number of benzene rings is 2. The number of nitrogens with zero attached hydrogens (tertiary/aromatic N) is 3. The van der Waals surface area contributed by atoms with Crippen molar-refractivity contribution in [2.45, 2.75) is 33.4 Å². The predicted molar refractivity (Wildman–Crippen MR) is 123 cm³/mol. The number of halogens is 1. The van der Waals surface area contributed by atoms with Crippen LogP contribution in [0.1, 0.15) is 29.4 Å². The van der Waals surface area contributed by atoms with Crippen molar-refractivity contribution in [1.82, 2.24) is 9.55 Å². The summed E-state index contributed by atoms with van der Waals surface area (Å²) in [5.41, 5.74) is 10.6. The molecule has 0 spiro atoms. The van der Waals surface area contributed by atoms with Crippen LogP contribution in [0.2, 0.25) is 0 Å². The summed E-state index contributed by atoms with van der Waals surface area (Å²) < 4.78 is 2.12. The van der Waals surface area contributed by atoms with Gasteiger partial charge in [0.05, 0.1) is 6.54 Å². The van der Waals surface area contributed by atoms with Crippen molar-refractivity contribution in [3.05, 3.63) is 83.4 Å². The fraction of sp³-hybridized carbons (Fsp3) is 0.238. The molecule has 0 atom stereocenters. The molecule has 3 aromatic rings. The van der Waals surface area contributed by atoms with Crippen molar-refractivity contribution in [1.29, 1.82) is 0 Å². The van der Waals surface area contributed by atoms with Crippen LogP contribution in [0.4, 0.5) is 5.69 Å². The van der Waals surface area contributed by atoms with Crippen LogP contribution >= 0.6 is 24.0 Å². The summed E-state index contributed by atoms with van der Waals surface area (Å²) in [7, 11) is 0. The van der Waals surface area contributed by atoms with E-state index >= 15 is 0 Å². The highest BCUT2D eigenvalue weighted by Gasteiger charge is 2.01. The van der Waals surface area contributed by atoms with Crippen molar-refractivity contribution in [3.8, 4) is 0 Å². The molecule has 1 aromatic heterocycles. The maximum Gasteiger partial charge on any atom is 0.193 e. The number of nitrogens with one attached hydrogen (secondary N) is 1. The van der Waals surface area contributed by atoms with Gasteiger partial charge in [-0.3, -0.25) is 0 Å². The van der Waals surface area contributed by atoms with E-state index in [2.05, 4.69) is 63.2 Å². The summed E-state index contributed by atoms with van der Waals surface area (Å²) in [6, 6.07) is 16.6. The molecule has 2 aromatic carbocycles. The summed E-state index contributed by atoms with van der Waals surface area (Å²) in [6.07, 6.45) is 4.84. The fourth-order valence-corrected chi connectivity index (χ4v) is 2.78. The van der Waals surface area contributed by atoms with Crippen molar-refractivity contribution < 1.29 is 0 Å². The normalized spacial score (nSPS) is 11.1. The number of rotatable bonds is 6. The van der Waals surface area contributed by atoms with Crippen molar-refractivity contribution >= 4 is 35.6 Å². The zero-order valence-corrected chi connectivity index (χ0v) is 18.1. The summed E-state index contributed by atoms with van der Waals surface area (Å²) in [6.45, 7) is 5.50. The van der Waals surface area contributed by atoms with Gasteiger partial charge in [0.25, 0.3) is 0 Å². The monoisotopic (exact) mass is 475 g/mol. The maximum atomic E-state index is 6.02. The Kier molecular flexibility index (Phi) is 7.84. The standard InChI is InChI=1S/C21H25N5.HI/c1-3-17-7-9-20(10-8-17)25-21(22)24-14-18-5-4-6-19(13-18)15-26-12-11-23-16(26)2;/h4-13H,3,14-15H2,1-2H3,(H3,22,24,25);1H. The van der Waals surface area contributed by atoms with Gasteiger partial charge in [-0.15, -0.1) is 24.0 Å². The molecule has 27 heavy (non-hydrogen) atoms. The van der Waals surface area contributed by atoms with Crippen molar-refractivity contribution in [2.24, 2.45) is 10.7 Å². The van der Waals surface area contributed by atoms with Gasteiger partial charge in [0.15, 0.2) is 5.96 Å². The quantitative estimate of drug-likeness (QED) is 0.317. The van der Waals surface area contributed by atoms with E-state index in [0.29, 0.717) is 12.5 Å². The minimum atomic E-state index is 0. The zero-order chi connectivity index (χ0) is 18.4. The lowest BCUT2D eigenvalue weighted by Crippen LogP contribution is -2.22. The van der Waals surface area contributed by atoms with Crippen LogP contribution in [0, 0.1) is 6.92 Å². The van der Waals surface area contributed by atoms with Crippen LogP contribution < -0.4 is 11.1 Å². The van der Waals surface area contributed by atoms with E-state index < -0.39 is 0 Å². The third-order valence-electron chi connectivity index (χ3n) is 4.33. The molecular weight excluding hydrogens is 449 g/mol. The number of aryl methyl sites for hydroxylation is 2. The molecule has 0 saturated carbocycles. The first-order valence-corrected chi connectivity index (χ1v) is 8.85. The summed E-state index contributed by atoms with van der Waals surface area (Å²) in [5.74, 6) is 1.43. The second kappa shape index (κ2) is 10.1. The van der Waals surface area contributed by atoms with Crippen molar-refractivity contribution in [3.63, 3.8) is 0 Å². The van der Waals surface area contributed by atoms with Gasteiger partial charge in [0.1, 0.15) is 5.82 Å². The number of hydrogen-bond acceptors (Lipinski definition) is 2. The molecule has 0 amide bonds. The van der Waals surface area contributed by atoms with E-state index in [1.807, 2.05) is 31.5 Å². The molecule has 0 aliphatic carbocycles. The lowest BCUT2D eigenvalue weighted by atomic mass is 10.1. The van der Waals surface area contributed by atoms with Gasteiger partial charge in [-0.05, 0) is 42.2 Å². The number of nitrogens with two attached hydrogens (primary N) is 1.